The summed E-state index contributed by atoms with van der Waals surface area (Å²) in [4.78, 5) is 12.2. The normalized spacial score (nSPS) is 14.1. The molecule has 3 aliphatic rings. The van der Waals surface area contributed by atoms with Gasteiger partial charge in [0.1, 0.15) is 0 Å². The molecule has 0 bridgehead atoms. The average Bonchev–Trinajstić information content (AvgIpc) is 1.56. The molecule has 6 heteroatoms. The van der Waals surface area contributed by atoms with E-state index in [1.54, 1.807) is 0 Å². The van der Waals surface area contributed by atoms with Crippen molar-refractivity contribution in [2.45, 2.75) is 57.8 Å². The first kappa shape index (κ1) is 56.7. The van der Waals surface area contributed by atoms with Gasteiger partial charge in [0.05, 0.1) is 44.1 Å². The Morgan fingerprint density at radius 3 is 1.22 bits per heavy atom. The van der Waals surface area contributed by atoms with Crippen LogP contribution < -0.4 is 4.90 Å². The molecule has 17 aromatic rings. The summed E-state index contributed by atoms with van der Waals surface area (Å²) in [6.45, 7) is 14.0. The lowest BCUT2D eigenvalue weighted by Crippen LogP contribution is -2.14. The Hall–Kier alpha value is -11.9. The molecule has 20 rings (SSSR count). The zero-order valence-electron chi connectivity index (χ0n) is 55.1. The monoisotopic (exact) mass is 1240 g/mol. The highest BCUT2D eigenvalue weighted by Gasteiger charge is 2.39. The number of nitrogens with zero attached hydrogens (tertiary/aromatic N) is 6. The molecule has 0 saturated heterocycles. The first-order chi connectivity index (χ1) is 47.4. The predicted octanol–water partition coefficient (Wildman–Crippen LogP) is 23.5. The van der Waals surface area contributed by atoms with Gasteiger partial charge < -0.3 is 18.6 Å². The van der Waals surface area contributed by atoms with E-state index >= 15 is 0 Å². The van der Waals surface area contributed by atoms with Crippen LogP contribution in [-0.2, 0) is 16.2 Å². The van der Waals surface area contributed by atoms with Gasteiger partial charge in [0.15, 0.2) is 0 Å². The first-order valence-electron chi connectivity index (χ1n) is 33.9. The number of rotatable bonds is 7. The summed E-state index contributed by atoms with van der Waals surface area (Å²) in [5.74, 6) is 0. The lowest BCUT2D eigenvalue weighted by Gasteiger charge is -2.26. The van der Waals surface area contributed by atoms with Gasteiger partial charge in [0.2, 0.25) is 0 Å². The van der Waals surface area contributed by atoms with E-state index in [9.17, 15) is 0 Å². The number of pyridine rings is 2. The molecule has 3 aliphatic carbocycles. The van der Waals surface area contributed by atoms with Gasteiger partial charge in [-0.3, -0.25) is 9.97 Å². The Labute approximate surface area is 564 Å². The zero-order chi connectivity index (χ0) is 65.1. The molecule has 0 atom stereocenters. The third kappa shape index (κ3) is 8.39. The van der Waals surface area contributed by atoms with Crippen molar-refractivity contribution in [2.75, 3.05) is 4.90 Å². The standard InChI is InChI=1S/C50H36N4.C41H32N2/c1-50(2)43-20-11-9-18-38(43)40-32-48-42(31-44(40)50)49-47(22-13-29-51-49)54(48)36-25-23-35(24-26-36)52(33-14-5-3-6-15-33)37-27-28-46-41(30-37)39-19-10-12-21-45(39)53(46)34-16-7-4-8-17-34;1-40(2)33-12-7-5-10-28(33)30-20-17-26(22-35(30)40)25-15-18-27(19-16-25)43-37-14-9-21-42-39(37)32-23-36-31(24-38(32)43)29-11-6-8-13-34(29)41(36,3)4/h3-32H,1-2H3;5-24H,1-4H3. The second-order valence-electron chi connectivity index (χ2n) is 28.1. The Morgan fingerprint density at radius 1 is 0.247 bits per heavy atom. The summed E-state index contributed by atoms with van der Waals surface area (Å²) < 4.78 is 7.14. The molecule has 0 unspecified atom stereocenters. The second-order valence-corrected chi connectivity index (χ2v) is 28.1. The summed E-state index contributed by atoms with van der Waals surface area (Å²) in [6, 6.07) is 107. The molecule has 0 fully saturated rings. The van der Waals surface area contributed by atoms with Crippen LogP contribution in [-0.4, -0.2) is 23.7 Å². The van der Waals surface area contributed by atoms with Crippen molar-refractivity contribution < 1.29 is 0 Å². The second kappa shape index (κ2) is 21.1. The molecule has 5 heterocycles. The number of fused-ring (bicyclic) bond motifs is 18. The largest absolute Gasteiger partial charge is 0.310 e. The van der Waals surface area contributed by atoms with Crippen LogP contribution in [0.4, 0.5) is 17.1 Å². The quantitative estimate of drug-likeness (QED) is 0.160. The molecule has 0 spiro atoms. The highest BCUT2D eigenvalue weighted by atomic mass is 15.1. The maximum Gasteiger partial charge on any atom is 0.0963 e. The van der Waals surface area contributed by atoms with Crippen LogP contribution in [0.25, 0.3) is 127 Å². The van der Waals surface area contributed by atoms with Crippen molar-refractivity contribution in [3.63, 3.8) is 0 Å². The van der Waals surface area contributed by atoms with Crippen LogP contribution in [0.5, 0.6) is 0 Å². The molecule has 6 nitrogen and oxygen atoms in total. The topological polar surface area (TPSA) is 43.8 Å². The van der Waals surface area contributed by atoms with Gasteiger partial charge in [-0.05, 0) is 217 Å². The van der Waals surface area contributed by atoms with E-state index in [1.807, 2.05) is 24.5 Å². The van der Waals surface area contributed by atoms with Crippen LogP contribution in [0.1, 0.15) is 74.9 Å². The van der Waals surface area contributed by atoms with Gasteiger partial charge in [-0.15, -0.1) is 0 Å². The van der Waals surface area contributed by atoms with Crippen LogP contribution in [0.15, 0.2) is 304 Å². The molecule has 462 valence electrons. The SMILES string of the molecule is CC1(C)c2ccccc2-c2cc3c(cc21)c1ncccc1n3-c1ccc(N(c2ccccc2)c2ccc3c(c2)c2ccccc2n3-c2ccccc2)cc1.CC1(C)c2ccccc2-c2ccc(-c3ccc(-n4c5cc6c(cc5c5ncccc54)C(C)(C)c4ccccc4-6)cc3)cc21. The molecule has 5 aromatic heterocycles. The fraction of sp³-hybridized carbons (Fsp3) is 0.0989. The minimum atomic E-state index is -0.0780. The van der Waals surface area contributed by atoms with Crippen LogP contribution in [0, 0.1) is 0 Å². The molecule has 12 aromatic carbocycles. The minimum absolute atomic E-state index is 0.00864. The maximum absolute atomic E-state index is 4.94. The van der Waals surface area contributed by atoms with E-state index in [4.69, 9.17) is 9.97 Å². The lowest BCUT2D eigenvalue weighted by atomic mass is 9.81. The summed E-state index contributed by atoms with van der Waals surface area (Å²) >= 11 is 0. The molecule has 0 aliphatic heterocycles. The van der Waals surface area contributed by atoms with Gasteiger partial charge in [-0.25, -0.2) is 0 Å². The van der Waals surface area contributed by atoms with E-state index in [0.29, 0.717) is 0 Å². The number of benzene rings is 12. The van der Waals surface area contributed by atoms with Gasteiger partial charge >= 0.3 is 0 Å². The zero-order valence-corrected chi connectivity index (χ0v) is 55.1. The van der Waals surface area contributed by atoms with Gasteiger partial charge in [0.25, 0.3) is 0 Å². The third-order valence-electron chi connectivity index (χ3n) is 21.8. The molecule has 0 saturated carbocycles. The number of hydrogen-bond acceptors (Lipinski definition) is 3. The molecule has 97 heavy (non-hydrogen) atoms. The van der Waals surface area contributed by atoms with E-state index in [2.05, 4.69) is 339 Å². The Morgan fingerprint density at radius 2 is 0.649 bits per heavy atom. The third-order valence-corrected chi connectivity index (χ3v) is 21.8. The summed E-state index contributed by atoms with van der Waals surface area (Å²) in [6.07, 6.45) is 3.82. The lowest BCUT2D eigenvalue weighted by molar-refractivity contribution is 0.660. The Bertz CT molecular complexity index is 6080. The highest BCUT2D eigenvalue weighted by Crippen LogP contribution is 2.54. The van der Waals surface area contributed by atoms with Crippen molar-refractivity contribution in [3.8, 4) is 61.6 Å². The number of hydrogen-bond donors (Lipinski definition) is 0. The van der Waals surface area contributed by atoms with Crippen LogP contribution in [0.3, 0.4) is 0 Å². The van der Waals surface area contributed by atoms with Gasteiger partial charge in [0, 0.05) is 84.3 Å². The predicted molar refractivity (Wildman–Crippen MR) is 404 cm³/mol. The Balaban J connectivity index is 0.000000140. The summed E-state index contributed by atoms with van der Waals surface area (Å²) in [7, 11) is 0. The van der Waals surface area contributed by atoms with Gasteiger partial charge in [-0.1, -0.05) is 193 Å². The molecular formula is C91H68N6. The molecular weight excluding hydrogens is 1180 g/mol. The van der Waals surface area contributed by atoms with E-state index < -0.39 is 0 Å². The highest BCUT2D eigenvalue weighted by molar-refractivity contribution is 6.13. The molecule has 0 N–H and O–H groups in total. The first-order valence-corrected chi connectivity index (χ1v) is 33.9. The maximum atomic E-state index is 4.94. The number of para-hydroxylation sites is 3. The van der Waals surface area contributed by atoms with Crippen molar-refractivity contribution >= 4 is 82.7 Å². The minimum Gasteiger partial charge on any atom is -0.310 e. The molecule has 0 radical (unpaired) electrons. The Kier molecular flexibility index (Phi) is 12.3. The van der Waals surface area contributed by atoms with Crippen molar-refractivity contribution in [3.05, 3.63) is 337 Å². The smallest absolute Gasteiger partial charge is 0.0963 e. The summed E-state index contributed by atoms with van der Waals surface area (Å²) in [5, 5.41) is 4.85. The fourth-order valence-electron chi connectivity index (χ4n) is 17.0. The molecule has 0 amide bonds. The summed E-state index contributed by atoms with van der Waals surface area (Å²) in [5.41, 5.74) is 34.5. The van der Waals surface area contributed by atoms with Crippen LogP contribution in [0.2, 0.25) is 0 Å². The number of aromatic nitrogens is 5. The van der Waals surface area contributed by atoms with Crippen molar-refractivity contribution in [1.29, 1.82) is 0 Å². The van der Waals surface area contributed by atoms with E-state index in [-0.39, 0.29) is 16.2 Å². The van der Waals surface area contributed by atoms with Crippen molar-refractivity contribution in [1.82, 2.24) is 23.7 Å². The van der Waals surface area contributed by atoms with E-state index in [1.165, 1.54) is 122 Å². The van der Waals surface area contributed by atoms with Crippen LogP contribution >= 0.6 is 0 Å². The van der Waals surface area contributed by atoms with Gasteiger partial charge in [-0.2, -0.15) is 0 Å². The average molecular weight is 1250 g/mol. The number of anilines is 3. The van der Waals surface area contributed by atoms with Crippen molar-refractivity contribution in [2.24, 2.45) is 0 Å². The fourth-order valence-corrected chi connectivity index (χ4v) is 17.0. The van der Waals surface area contributed by atoms with E-state index in [0.717, 1.165) is 56.2 Å².